The van der Waals surface area contributed by atoms with Gasteiger partial charge in [-0.25, -0.2) is 4.39 Å². The van der Waals surface area contributed by atoms with Crippen LogP contribution in [-0.4, -0.2) is 81.2 Å². The molecule has 3 aromatic carbocycles. The standard InChI is InChI=1S/C27H27ClFN5O5/c1-14(13-30)39-27-31-23-19(24(32-27)33-6-8-34(9-7-33)25(36)26(37)38)12-20(28)21(22(23)29)18-11-16(35)10-15-4-2-3-5-17(15)18/h2-5,10-12,14,26,35,37-38H,6-9,13,30H2,1H3/t14-/m1/s1. The number of phenols is 1. The zero-order valence-corrected chi connectivity index (χ0v) is 21.8. The maximum atomic E-state index is 16.4. The van der Waals surface area contributed by atoms with Crippen molar-refractivity contribution >= 4 is 45.0 Å². The number of aromatic hydroxyl groups is 1. The monoisotopic (exact) mass is 555 g/mol. The van der Waals surface area contributed by atoms with Gasteiger partial charge in [-0.3, -0.25) is 4.79 Å². The molecule has 1 aliphatic rings. The summed E-state index contributed by atoms with van der Waals surface area (Å²) in [5.41, 5.74) is 6.16. The van der Waals surface area contributed by atoms with Crippen molar-refractivity contribution in [3.8, 4) is 22.9 Å². The van der Waals surface area contributed by atoms with E-state index in [-0.39, 0.29) is 60.6 Å². The smallest absolute Gasteiger partial charge is 0.319 e. The average molecular weight is 556 g/mol. The first-order chi connectivity index (χ1) is 18.7. The second-order valence-electron chi connectivity index (χ2n) is 9.34. The summed E-state index contributed by atoms with van der Waals surface area (Å²) >= 11 is 6.70. The van der Waals surface area contributed by atoms with Gasteiger partial charge in [0, 0.05) is 43.7 Å². The van der Waals surface area contributed by atoms with Gasteiger partial charge in [-0.05, 0) is 41.5 Å². The van der Waals surface area contributed by atoms with Gasteiger partial charge in [0.05, 0.1) is 5.02 Å². The number of nitrogens with zero attached hydrogens (tertiary/aromatic N) is 4. The lowest BCUT2D eigenvalue weighted by Gasteiger charge is -2.36. The van der Waals surface area contributed by atoms with Crippen LogP contribution in [-0.2, 0) is 4.79 Å². The highest BCUT2D eigenvalue weighted by molar-refractivity contribution is 6.35. The van der Waals surface area contributed by atoms with Crippen molar-refractivity contribution in [3.05, 3.63) is 53.3 Å². The summed E-state index contributed by atoms with van der Waals surface area (Å²) in [6.45, 7) is 2.89. The highest BCUT2D eigenvalue weighted by atomic mass is 35.5. The Labute approximate surface area is 228 Å². The third-order valence-electron chi connectivity index (χ3n) is 6.71. The van der Waals surface area contributed by atoms with Crippen molar-refractivity contribution in [2.45, 2.75) is 19.3 Å². The molecule has 1 aliphatic heterocycles. The number of carbonyl (C=O) groups excluding carboxylic acids is 1. The first kappa shape index (κ1) is 26.8. The summed E-state index contributed by atoms with van der Waals surface area (Å²) in [4.78, 5) is 24.1. The number of aliphatic hydroxyl groups excluding tert-OH is 1. The van der Waals surface area contributed by atoms with Crippen molar-refractivity contribution in [2.24, 2.45) is 5.73 Å². The van der Waals surface area contributed by atoms with Crippen LogP contribution in [0.5, 0.6) is 11.8 Å². The van der Waals surface area contributed by atoms with Crippen LogP contribution in [0.25, 0.3) is 32.8 Å². The second kappa shape index (κ2) is 10.8. The topological polar surface area (TPSA) is 145 Å². The number of benzene rings is 3. The zero-order chi connectivity index (χ0) is 27.8. The van der Waals surface area contributed by atoms with E-state index in [0.717, 1.165) is 0 Å². The van der Waals surface area contributed by atoms with Gasteiger partial charge in [-0.1, -0.05) is 35.9 Å². The van der Waals surface area contributed by atoms with E-state index in [0.29, 0.717) is 27.5 Å². The van der Waals surface area contributed by atoms with Crippen LogP contribution in [0.15, 0.2) is 42.5 Å². The van der Waals surface area contributed by atoms with E-state index in [1.54, 1.807) is 19.1 Å². The Bertz CT molecular complexity index is 1560. The number of hydrogen-bond acceptors (Lipinski definition) is 9. The summed E-state index contributed by atoms with van der Waals surface area (Å²) in [6.07, 6.45) is -2.53. The van der Waals surface area contributed by atoms with Crippen LogP contribution in [0, 0.1) is 5.82 Å². The fourth-order valence-electron chi connectivity index (χ4n) is 4.73. The maximum absolute atomic E-state index is 16.4. The summed E-state index contributed by atoms with van der Waals surface area (Å²) in [7, 11) is 0. The summed E-state index contributed by atoms with van der Waals surface area (Å²) in [5, 5.41) is 30.7. The number of aliphatic hydroxyl groups is 2. The molecule has 39 heavy (non-hydrogen) atoms. The predicted molar refractivity (Wildman–Crippen MR) is 145 cm³/mol. The predicted octanol–water partition coefficient (Wildman–Crippen LogP) is 2.63. The van der Waals surface area contributed by atoms with E-state index in [1.165, 1.54) is 11.0 Å². The van der Waals surface area contributed by atoms with Gasteiger partial charge in [0.25, 0.3) is 5.91 Å². The summed E-state index contributed by atoms with van der Waals surface area (Å²) in [5.74, 6) is -1.19. The number of ether oxygens (including phenoxy) is 1. The molecule has 1 amide bonds. The fraction of sp³-hybridized carbons (Fsp3) is 0.296. The largest absolute Gasteiger partial charge is 0.508 e. The number of piperazine rings is 1. The van der Waals surface area contributed by atoms with Crippen molar-refractivity contribution < 1.29 is 29.2 Å². The number of aromatic nitrogens is 2. The Morgan fingerprint density at radius 1 is 1.13 bits per heavy atom. The molecule has 0 bridgehead atoms. The van der Waals surface area contributed by atoms with Gasteiger partial charge in [-0.2, -0.15) is 9.97 Å². The number of carbonyl (C=O) groups is 1. The van der Waals surface area contributed by atoms with Crippen LogP contribution in [0.1, 0.15) is 6.92 Å². The van der Waals surface area contributed by atoms with Crippen molar-refractivity contribution in [1.82, 2.24) is 14.9 Å². The number of fused-ring (bicyclic) bond motifs is 2. The molecular formula is C27H27ClFN5O5. The van der Waals surface area contributed by atoms with E-state index >= 15 is 4.39 Å². The lowest BCUT2D eigenvalue weighted by Crippen LogP contribution is -2.51. The molecule has 5 rings (SSSR count). The van der Waals surface area contributed by atoms with Gasteiger partial charge >= 0.3 is 6.01 Å². The molecule has 10 nitrogen and oxygen atoms in total. The average Bonchev–Trinajstić information content (AvgIpc) is 2.92. The van der Waals surface area contributed by atoms with Crippen LogP contribution < -0.4 is 15.4 Å². The first-order valence-corrected chi connectivity index (χ1v) is 12.7. The molecule has 0 aliphatic carbocycles. The number of amides is 1. The number of rotatable bonds is 6. The molecule has 0 unspecified atom stereocenters. The third-order valence-corrected chi connectivity index (χ3v) is 7.01. The van der Waals surface area contributed by atoms with E-state index in [1.807, 2.05) is 29.2 Å². The van der Waals surface area contributed by atoms with Gasteiger partial charge in [-0.15, -0.1) is 0 Å². The molecule has 2 heterocycles. The van der Waals surface area contributed by atoms with E-state index in [9.17, 15) is 20.1 Å². The molecule has 0 radical (unpaired) electrons. The summed E-state index contributed by atoms with van der Waals surface area (Å²) in [6, 6.07) is 11.8. The second-order valence-corrected chi connectivity index (χ2v) is 9.75. The normalized spacial score (nSPS) is 14.8. The van der Waals surface area contributed by atoms with E-state index in [4.69, 9.17) is 22.1 Å². The van der Waals surface area contributed by atoms with Crippen LogP contribution in [0.2, 0.25) is 5.02 Å². The maximum Gasteiger partial charge on any atom is 0.319 e. The summed E-state index contributed by atoms with van der Waals surface area (Å²) < 4.78 is 22.2. The molecule has 1 atom stereocenters. The molecule has 204 valence electrons. The molecule has 4 aromatic rings. The van der Waals surface area contributed by atoms with Crippen molar-refractivity contribution in [2.75, 3.05) is 37.6 Å². The Kier molecular flexibility index (Phi) is 7.41. The molecule has 0 saturated carbocycles. The lowest BCUT2D eigenvalue weighted by molar-refractivity contribution is -0.159. The fourth-order valence-corrected chi connectivity index (χ4v) is 5.03. The number of hydrogen-bond donors (Lipinski definition) is 4. The van der Waals surface area contributed by atoms with Crippen LogP contribution in [0.3, 0.4) is 0 Å². The van der Waals surface area contributed by atoms with Gasteiger partial charge < -0.3 is 35.6 Å². The van der Waals surface area contributed by atoms with Crippen molar-refractivity contribution in [1.29, 1.82) is 0 Å². The van der Waals surface area contributed by atoms with E-state index < -0.39 is 24.1 Å². The van der Waals surface area contributed by atoms with Gasteiger partial charge in [0.2, 0.25) is 6.29 Å². The number of nitrogens with two attached hydrogens (primary N) is 1. The van der Waals surface area contributed by atoms with Gasteiger partial charge in [0.1, 0.15) is 23.2 Å². The lowest BCUT2D eigenvalue weighted by atomic mass is 9.96. The highest BCUT2D eigenvalue weighted by Gasteiger charge is 2.29. The molecular weight excluding hydrogens is 529 g/mol. The minimum atomic E-state index is -2.09. The quantitative estimate of drug-likeness (QED) is 0.264. The molecule has 5 N–H and O–H groups in total. The Hall–Kier alpha value is -3.77. The van der Waals surface area contributed by atoms with Crippen LogP contribution >= 0.6 is 11.6 Å². The minimum absolute atomic E-state index is 0.0321. The van der Waals surface area contributed by atoms with E-state index in [2.05, 4.69) is 9.97 Å². The Balaban J connectivity index is 1.66. The zero-order valence-electron chi connectivity index (χ0n) is 21.0. The Morgan fingerprint density at radius 2 is 1.85 bits per heavy atom. The molecule has 1 fully saturated rings. The first-order valence-electron chi connectivity index (χ1n) is 12.4. The molecule has 0 spiro atoms. The number of halogens is 2. The minimum Gasteiger partial charge on any atom is -0.508 e. The molecule has 12 heteroatoms. The Morgan fingerprint density at radius 3 is 2.54 bits per heavy atom. The van der Waals surface area contributed by atoms with Crippen LogP contribution in [0.4, 0.5) is 10.2 Å². The van der Waals surface area contributed by atoms with Crippen molar-refractivity contribution in [3.63, 3.8) is 0 Å². The molecule has 1 aromatic heterocycles. The third kappa shape index (κ3) is 5.13. The van der Waals surface area contributed by atoms with Gasteiger partial charge in [0.15, 0.2) is 5.82 Å². The number of anilines is 1. The SMILES string of the molecule is C[C@H](CN)Oc1nc(N2CCN(C(=O)C(O)O)CC2)c2cc(Cl)c(-c3cc(O)cc4ccccc34)c(F)c2n1. The number of phenolic OH excluding ortho intramolecular Hbond substituents is 1. The molecule has 1 saturated heterocycles. The highest BCUT2D eigenvalue weighted by Crippen LogP contribution is 2.42.